The zero-order chi connectivity index (χ0) is 10.4. The summed E-state index contributed by atoms with van der Waals surface area (Å²) in [7, 11) is 3.04. The van der Waals surface area contributed by atoms with Gasteiger partial charge in [-0.15, -0.1) is 0 Å². The third kappa shape index (κ3) is 3.06. The number of carbonyl (C=O) groups excluding carboxylic acids is 1. The predicted octanol–water partition coefficient (Wildman–Crippen LogP) is 1.12. The molecule has 14 heavy (non-hydrogen) atoms. The van der Waals surface area contributed by atoms with Crippen LogP contribution in [-0.4, -0.2) is 31.7 Å². The van der Waals surface area contributed by atoms with Crippen LogP contribution in [0.5, 0.6) is 0 Å². The van der Waals surface area contributed by atoms with Crippen LogP contribution in [0.25, 0.3) is 0 Å². The molecule has 0 bridgehead atoms. The molecule has 4 heteroatoms. The van der Waals surface area contributed by atoms with Crippen molar-refractivity contribution in [2.45, 2.75) is 0 Å². The molecule has 1 rings (SSSR count). The van der Waals surface area contributed by atoms with Crippen molar-refractivity contribution >= 4 is 11.6 Å². The number of nitrogens with zero attached hydrogens (tertiary/aromatic N) is 1. The first kappa shape index (κ1) is 10.5. The average Bonchev–Trinajstić information content (AvgIpc) is 2.26. The summed E-state index contributed by atoms with van der Waals surface area (Å²) in [5, 5.41) is 4.18. The molecule has 0 spiro atoms. The van der Waals surface area contributed by atoms with Gasteiger partial charge < -0.3 is 5.32 Å². The molecule has 1 aromatic rings. The van der Waals surface area contributed by atoms with E-state index in [2.05, 4.69) is 5.32 Å². The zero-order valence-corrected chi connectivity index (χ0v) is 8.36. The van der Waals surface area contributed by atoms with Gasteiger partial charge in [0, 0.05) is 12.7 Å². The summed E-state index contributed by atoms with van der Waals surface area (Å²) in [5.41, 5.74) is 0.922. The molecule has 0 aliphatic rings. The van der Waals surface area contributed by atoms with Crippen LogP contribution in [0, 0.1) is 0 Å². The van der Waals surface area contributed by atoms with Crippen LogP contribution in [0.3, 0.4) is 0 Å². The van der Waals surface area contributed by atoms with Crippen LogP contribution >= 0.6 is 0 Å². The summed E-state index contributed by atoms with van der Waals surface area (Å²) in [4.78, 5) is 16.0. The number of hydrogen-bond donors (Lipinski definition) is 1. The van der Waals surface area contributed by atoms with Crippen molar-refractivity contribution < 1.29 is 9.63 Å². The molecule has 0 radical (unpaired) electrons. The molecule has 0 saturated carbocycles. The van der Waals surface area contributed by atoms with Crippen molar-refractivity contribution in [3.63, 3.8) is 0 Å². The Balaban J connectivity index is 2.38. The number of rotatable bonds is 4. The van der Waals surface area contributed by atoms with Crippen molar-refractivity contribution in [1.29, 1.82) is 0 Å². The highest BCUT2D eigenvalue weighted by atomic mass is 16.7. The summed E-state index contributed by atoms with van der Waals surface area (Å²) in [5.74, 6) is -0.114. The number of benzene rings is 1. The molecular weight excluding hydrogens is 180 g/mol. The molecule has 4 nitrogen and oxygen atoms in total. The monoisotopic (exact) mass is 194 g/mol. The first-order valence-corrected chi connectivity index (χ1v) is 4.33. The number of para-hydroxylation sites is 1. The normalized spacial score (nSPS) is 9.57. The summed E-state index contributed by atoms with van der Waals surface area (Å²) in [6.07, 6.45) is 0. The van der Waals surface area contributed by atoms with Gasteiger partial charge >= 0.3 is 0 Å². The molecule has 0 saturated heterocycles. The lowest BCUT2D eigenvalue weighted by Crippen LogP contribution is -2.31. The van der Waals surface area contributed by atoms with Gasteiger partial charge in [-0.25, -0.2) is 5.06 Å². The third-order valence-corrected chi connectivity index (χ3v) is 1.84. The van der Waals surface area contributed by atoms with Gasteiger partial charge in [0.15, 0.2) is 0 Å². The lowest BCUT2D eigenvalue weighted by molar-refractivity contribution is -0.166. The van der Waals surface area contributed by atoms with Crippen molar-refractivity contribution in [1.82, 2.24) is 5.06 Å². The smallest absolute Gasteiger partial charge is 0.265 e. The molecule has 0 unspecified atom stereocenters. The standard InChI is InChI=1S/C10H14N2O2/c1-12(14-2)10(13)8-11-9-6-4-3-5-7-9/h3-7,11H,8H2,1-2H3. The van der Waals surface area contributed by atoms with Crippen molar-refractivity contribution in [3.05, 3.63) is 30.3 Å². The highest BCUT2D eigenvalue weighted by Gasteiger charge is 2.06. The van der Waals surface area contributed by atoms with Crippen LogP contribution in [0.15, 0.2) is 30.3 Å². The van der Waals surface area contributed by atoms with E-state index in [1.165, 1.54) is 12.2 Å². The minimum atomic E-state index is -0.114. The summed E-state index contributed by atoms with van der Waals surface area (Å²) in [6, 6.07) is 9.55. The first-order valence-electron chi connectivity index (χ1n) is 4.33. The van der Waals surface area contributed by atoms with Gasteiger partial charge in [-0.1, -0.05) is 18.2 Å². The van der Waals surface area contributed by atoms with E-state index in [1.54, 1.807) is 7.05 Å². The van der Waals surface area contributed by atoms with Crippen LogP contribution in [0.1, 0.15) is 0 Å². The minimum Gasteiger partial charge on any atom is -0.376 e. The second-order valence-electron chi connectivity index (χ2n) is 2.79. The Labute approximate surface area is 83.4 Å². The van der Waals surface area contributed by atoms with Gasteiger partial charge in [-0.05, 0) is 12.1 Å². The summed E-state index contributed by atoms with van der Waals surface area (Å²) in [6.45, 7) is 0.231. The van der Waals surface area contributed by atoms with Gasteiger partial charge in [-0.3, -0.25) is 9.63 Å². The van der Waals surface area contributed by atoms with Gasteiger partial charge in [0.25, 0.3) is 5.91 Å². The molecule has 0 aliphatic heterocycles. The number of carbonyl (C=O) groups is 1. The number of hydroxylamine groups is 2. The van der Waals surface area contributed by atoms with Crippen molar-refractivity contribution in [2.24, 2.45) is 0 Å². The van der Waals surface area contributed by atoms with E-state index in [0.717, 1.165) is 5.69 Å². The van der Waals surface area contributed by atoms with Gasteiger partial charge in [-0.2, -0.15) is 0 Å². The Hall–Kier alpha value is -1.55. The van der Waals surface area contributed by atoms with E-state index < -0.39 is 0 Å². The fraction of sp³-hybridized carbons (Fsp3) is 0.300. The van der Waals surface area contributed by atoms with E-state index in [4.69, 9.17) is 4.84 Å². The topological polar surface area (TPSA) is 41.6 Å². The largest absolute Gasteiger partial charge is 0.376 e. The third-order valence-electron chi connectivity index (χ3n) is 1.84. The molecule has 1 N–H and O–H groups in total. The fourth-order valence-corrected chi connectivity index (χ4v) is 0.947. The molecule has 1 amide bonds. The Kier molecular flexibility index (Phi) is 3.94. The number of nitrogens with one attached hydrogen (secondary N) is 1. The average molecular weight is 194 g/mol. The number of amides is 1. The van der Waals surface area contributed by atoms with E-state index in [-0.39, 0.29) is 12.5 Å². The van der Waals surface area contributed by atoms with E-state index in [1.807, 2.05) is 30.3 Å². The van der Waals surface area contributed by atoms with E-state index in [9.17, 15) is 4.79 Å². The summed E-state index contributed by atoms with van der Waals surface area (Å²) < 4.78 is 0. The van der Waals surface area contributed by atoms with Crippen LogP contribution in [-0.2, 0) is 9.63 Å². The Morgan fingerprint density at radius 3 is 2.64 bits per heavy atom. The molecule has 76 valence electrons. The lowest BCUT2D eigenvalue weighted by Gasteiger charge is -2.14. The Morgan fingerprint density at radius 2 is 2.07 bits per heavy atom. The quantitative estimate of drug-likeness (QED) is 0.730. The maximum absolute atomic E-state index is 11.3. The second-order valence-corrected chi connectivity index (χ2v) is 2.79. The van der Waals surface area contributed by atoms with Crippen LogP contribution in [0.4, 0.5) is 5.69 Å². The maximum Gasteiger partial charge on any atom is 0.265 e. The van der Waals surface area contributed by atoms with Crippen molar-refractivity contribution in [2.75, 3.05) is 26.0 Å². The second kappa shape index (κ2) is 5.24. The lowest BCUT2D eigenvalue weighted by atomic mass is 10.3. The van der Waals surface area contributed by atoms with Crippen LogP contribution in [0.2, 0.25) is 0 Å². The van der Waals surface area contributed by atoms with E-state index in [0.29, 0.717) is 0 Å². The molecule has 0 heterocycles. The van der Waals surface area contributed by atoms with Gasteiger partial charge in [0.05, 0.1) is 13.7 Å². The zero-order valence-electron chi connectivity index (χ0n) is 8.36. The number of hydrogen-bond acceptors (Lipinski definition) is 3. The summed E-state index contributed by atoms with van der Waals surface area (Å²) >= 11 is 0. The van der Waals surface area contributed by atoms with Crippen LogP contribution < -0.4 is 5.32 Å². The highest BCUT2D eigenvalue weighted by molar-refractivity contribution is 5.79. The number of anilines is 1. The number of likely N-dealkylation sites (N-methyl/N-ethyl adjacent to an activating group) is 1. The van der Waals surface area contributed by atoms with E-state index >= 15 is 0 Å². The molecule has 0 fully saturated rings. The molecular formula is C10H14N2O2. The minimum absolute atomic E-state index is 0.114. The highest BCUT2D eigenvalue weighted by Crippen LogP contribution is 2.04. The van der Waals surface area contributed by atoms with Gasteiger partial charge in [0.2, 0.25) is 0 Å². The SMILES string of the molecule is CON(C)C(=O)CNc1ccccc1. The van der Waals surface area contributed by atoms with Gasteiger partial charge in [0.1, 0.15) is 0 Å². The molecule has 1 aromatic carbocycles. The fourth-order valence-electron chi connectivity index (χ4n) is 0.947. The Bertz CT molecular complexity index is 287. The predicted molar refractivity (Wildman–Crippen MR) is 54.7 cm³/mol. The van der Waals surface area contributed by atoms with Crippen molar-refractivity contribution in [3.8, 4) is 0 Å². The molecule has 0 aliphatic carbocycles. The molecule has 0 aromatic heterocycles. The maximum atomic E-state index is 11.3. The molecule has 0 atom stereocenters. The Morgan fingerprint density at radius 1 is 1.43 bits per heavy atom. The first-order chi connectivity index (χ1) is 6.74.